The first-order chi connectivity index (χ1) is 13.6. The number of para-hydroxylation sites is 1. The predicted molar refractivity (Wildman–Crippen MR) is 112 cm³/mol. The molecular weight excluding hydrogens is 372 g/mol. The smallest absolute Gasteiger partial charge is 0.234 e. The van der Waals surface area contributed by atoms with Gasteiger partial charge < -0.3 is 9.47 Å². The third kappa shape index (κ3) is 4.78. The number of rotatable bonds is 9. The molecule has 0 saturated carbocycles. The van der Waals surface area contributed by atoms with Crippen LogP contribution in [-0.4, -0.2) is 48.7 Å². The minimum absolute atomic E-state index is 0.0296. The normalized spacial score (nSPS) is 12.1. The molecule has 28 heavy (non-hydrogen) atoms. The van der Waals surface area contributed by atoms with Gasteiger partial charge >= 0.3 is 0 Å². The van der Waals surface area contributed by atoms with Gasteiger partial charge in [0.2, 0.25) is 5.91 Å². The summed E-state index contributed by atoms with van der Waals surface area (Å²) >= 11 is 0. The Morgan fingerprint density at radius 1 is 1.14 bits per heavy atom. The molecular formula is C21H26N4O2S. The van der Waals surface area contributed by atoms with Gasteiger partial charge in [0.15, 0.2) is 0 Å². The second-order valence-corrected chi connectivity index (χ2v) is 8.19. The Morgan fingerprint density at radius 3 is 2.54 bits per heavy atom. The number of hydrogen-bond donors (Lipinski definition) is 0. The number of carbonyl (C=O) groups excluding carboxylic acids is 1. The molecule has 0 aliphatic rings. The van der Waals surface area contributed by atoms with Gasteiger partial charge in [0.05, 0.1) is 17.6 Å². The maximum Gasteiger partial charge on any atom is 0.234 e. The third-order valence-electron chi connectivity index (χ3n) is 4.54. The molecule has 0 unspecified atom stereocenters. The first-order valence-electron chi connectivity index (χ1n) is 9.44. The standard InChI is InChI=1S/C21H26N4O2S/c1-3-4-12-23(2)20(26)17-28(27)16-18-15-22-25(19-10-6-5-7-11-19)21(18)24-13-8-9-14-24/h5-11,13-15H,3-4,12,16-17H2,1-2H3/t28-/m0/s1. The molecule has 0 fully saturated rings. The molecule has 0 spiro atoms. The van der Waals surface area contributed by atoms with E-state index >= 15 is 0 Å². The Morgan fingerprint density at radius 2 is 1.86 bits per heavy atom. The molecule has 3 aromatic rings. The summed E-state index contributed by atoms with van der Waals surface area (Å²) in [6, 6.07) is 13.7. The van der Waals surface area contributed by atoms with Gasteiger partial charge in [0, 0.05) is 42.3 Å². The lowest BCUT2D eigenvalue weighted by molar-refractivity contribution is -0.127. The molecule has 1 aromatic carbocycles. The van der Waals surface area contributed by atoms with Crippen LogP contribution in [0.1, 0.15) is 25.3 Å². The summed E-state index contributed by atoms with van der Waals surface area (Å²) in [4.78, 5) is 14.0. The summed E-state index contributed by atoms with van der Waals surface area (Å²) in [5, 5.41) is 4.52. The molecule has 3 rings (SSSR count). The average molecular weight is 399 g/mol. The molecule has 0 N–H and O–H groups in total. The second kappa shape index (κ2) is 9.50. The number of nitrogens with zero attached hydrogens (tertiary/aromatic N) is 4. The van der Waals surface area contributed by atoms with E-state index in [0.717, 1.165) is 29.9 Å². The van der Waals surface area contributed by atoms with Crippen molar-refractivity contribution in [3.63, 3.8) is 0 Å². The number of unbranched alkanes of at least 4 members (excludes halogenated alkanes) is 1. The molecule has 6 nitrogen and oxygen atoms in total. The van der Waals surface area contributed by atoms with Crippen LogP contribution in [0.25, 0.3) is 11.5 Å². The molecule has 2 heterocycles. The monoisotopic (exact) mass is 398 g/mol. The first-order valence-corrected chi connectivity index (χ1v) is 10.9. The van der Waals surface area contributed by atoms with Crippen molar-refractivity contribution in [2.45, 2.75) is 25.5 Å². The van der Waals surface area contributed by atoms with Gasteiger partial charge in [-0.2, -0.15) is 5.10 Å². The highest BCUT2D eigenvalue weighted by molar-refractivity contribution is 7.84. The van der Waals surface area contributed by atoms with Gasteiger partial charge in [0.25, 0.3) is 0 Å². The maximum atomic E-state index is 12.7. The summed E-state index contributed by atoms with van der Waals surface area (Å²) in [6.45, 7) is 2.79. The minimum Gasteiger partial charge on any atom is -0.345 e. The number of benzene rings is 1. The van der Waals surface area contributed by atoms with Gasteiger partial charge in [-0.05, 0) is 30.7 Å². The van der Waals surface area contributed by atoms with Crippen LogP contribution in [0.5, 0.6) is 0 Å². The van der Waals surface area contributed by atoms with Crippen LogP contribution >= 0.6 is 0 Å². The Bertz CT molecular complexity index is 919. The lowest BCUT2D eigenvalue weighted by atomic mass is 10.3. The fourth-order valence-electron chi connectivity index (χ4n) is 2.98. The van der Waals surface area contributed by atoms with Crippen molar-refractivity contribution >= 4 is 16.7 Å². The molecule has 0 bridgehead atoms. The fraction of sp³-hybridized carbons (Fsp3) is 0.333. The lowest BCUT2D eigenvalue weighted by Crippen LogP contribution is -2.32. The average Bonchev–Trinajstić information content (AvgIpc) is 3.36. The lowest BCUT2D eigenvalue weighted by Gasteiger charge is -2.16. The fourth-order valence-corrected chi connectivity index (χ4v) is 4.13. The van der Waals surface area contributed by atoms with E-state index < -0.39 is 10.8 Å². The van der Waals surface area contributed by atoms with Gasteiger partial charge in [0.1, 0.15) is 11.6 Å². The Balaban J connectivity index is 1.80. The van der Waals surface area contributed by atoms with Crippen LogP contribution in [0.3, 0.4) is 0 Å². The molecule has 0 saturated heterocycles. The number of aromatic nitrogens is 3. The van der Waals surface area contributed by atoms with Crippen LogP contribution in [-0.2, 0) is 21.3 Å². The highest BCUT2D eigenvalue weighted by atomic mass is 32.2. The van der Waals surface area contributed by atoms with E-state index in [-0.39, 0.29) is 17.4 Å². The Kier molecular flexibility index (Phi) is 6.81. The maximum absolute atomic E-state index is 12.7. The summed E-state index contributed by atoms with van der Waals surface area (Å²) in [5.74, 6) is 1.08. The van der Waals surface area contributed by atoms with Crippen LogP contribution in [0.15, 0.2) is 61.1 Å². The van der Waals surface area contributed by atoms with Crippen LogP contribution < -0.4 is 0 Å². The molecule has 1 amide bonds. The third-order valence-corrected chi connectivity index (χ3v) is 5.74. The summed E-state index contributed by atoms with van der Waals surface area (Å²) in [5.41, 5.74) is 1.78. The zero-order valence-corrected chi connectivity index (χ0v) is 17.1. The Hall–Kier alpha value is -2.67. The summed E-state index contributed by atoms with van der Waals surface area (Å²) in [6.07, 6.45) is 7.60. The summed E-state index contributed by atoms with van der Waals surface area (Å²) < 4.78 is 16.5. The molecule has 1 atom stereocenters. The predicted octanol–water partition coefficient (Wildman–Crippen LogP) is 3.17. The van der Waals surface area contributed by atoms with Crippen molar-refractivity contribution in [1.82, 2.24) is 19.2 Å². The SMILES string of the molecule is CCCCN(C)C(=O)C[S@@](=O)Cc1cnn(-c2ccccc2)c1-n1cccc1. The van der Waals surface area contributed by atoms with Gasteiger partial charge in [-0.1, -0.05) is 31.5 Å². The van der Waals surface area contributed by atoms with Crippen molar-refractivity contribution < 1.29 is 9.00 Å². The zero-order valence-electron chi connectivity index (χ0n) is 16.3. The van der Waals surface area contributed by atoms with Crippen molar-refractivity contribution in [2.24, 2.45) is 0 Å². The second-order valence-electron chi connectivity index (χ2n) is 6.73. The quantitative estimate of drug-likeness (QED) is 0.556. The molecule has 0 aliphatic heterocycles. The van der Waals surface area contributed by atoms with E-state index in [1.54, 1.807) is 18.1 Å². The first kappa shape index (κ1) is 20.1. The topological polar surface area (TPSA) is 60.1 Å². The highest BCUT2D eigenvalue weighted by Crippen LogP contribution is 2.21. The summed E-state index contributed by atoms with van der Waals surface area (Å²) in [7, 11) is 0.472. The highest BCUT2D eigenvalue weighted by Gasteiger charge is 2.18. The van der Waals surface area contributed by atoms with Crippen molar-refractivity contribution in [3.05, 3.63) is 66.6 Å². The van der Waals surface area contributed by atoms with Crippen LogP contribution in [0, 0.1) is 0 Å². The minimum atomic E-state index is -1.30. The molecule has 0 aliphatic carbocycles. The van der Waals surface area contributed by atoms with Gasteiger partial charge in [-0.25, -0.2) is 4.68 Å². The van der Waals surface area contributed by atoms with Crippen LogP contribution in [0.4, 0.5) is 0 Å². The number of hydrogen-bond acceptors (Lipinski definition) is 3. The van der Waals surface area contributed by atoms with Gasteiger partial charge in [-0.15, -0.1) is 0 Å². The molecule has 0 radical (unpaired) electrons. The van der Waals surface area contributed by atoms with E-state index in [1.165, 1.54) is 0 Å². The van der Waals surface area contributed by atoms with E-state index in [2.05, 4.69) is 12.0 Å². The van der Waals surface area contributed by atoms with Gasteiger partial charge in [-0.3, -0.25) is 9.00 Å². The Labute approximate surface area is 168 Å². The van der Waals surface area contributed by atoms with Crippen molar-refractivity contribution in [2.75, 3.05) is 19.3 Å². The van der Waals surface area contributed by atoms with Crippen molar-refractivity contribution in [1.29, 1.82) is 0 Å². The molecule has 7 heteroatoms. The zero-order chi connectivity index (χ0) is 19.9. The van der Waals surface area contributed by atoms with E-state index in [1.807, 2.05) is 64.1 Å². The molecule has 2 aromatic heterocycles. The van der Waals surface area contributed by atoms with E-state index in [4.69, 9.17) is 0 Å². The molecule has 148 valence electrons. The van der Waals surface area contributed by atoms with E-state index in [9.17, 15) is 9.00 Å². The van der Waals surface area contributed by atoms with Crippen molar-refractivity contribution in [3.8, 4) is 11.5 Å². The number of amides is 1. The number of carbonyl (C=O) groups is 1. The van der Waals surface area contributed by atoms with E-state index in [0.29, 0.717) is 6.54 Å². The van der Waals surface area contributed by atoms with Crippen LogP contribution in [0.2, 0.25) is 0 Å². The largest absolute Gasteiger partial charge is 0.345 e.